The van der Waals surface area contributed by atoms with Crippen molar-refractivity contribution < 1.29 is 9.84 Å². The Morgan fingerprint density at radius 3 is 3.05 bits per heavy atom. The third-order valence-electron chi connectivity index (χ3n) is 3.48. The number of nitrogens with zero attached hydrogens (tertiary/aromatic N) is 2. The highest BCUT2D eigenvalue weighted by atomic mass is 32.2. The van der Waals surface area contributed by atoms with Crippen LogP contribution in [-0.4, -0.2) is 32.8 Å². The third-order valence-corrected chi connectivity index (χ3v) is 4.62. The largest absolute Gasteiger partial charge is 0.486 e. The highest BCUT2D eigenvalue weighted by molar-refractivity contribution is 7.99. The quantitative estimate of drug-likeness (QED) is 0.941. The van der Waals surface area contributed by atoms with Crippen molar-refractivity contribution in [3.05, 3.63) is 41.7 Å². The lowest BCUT2D eigenvalue weighted by Gasteiger charge is -2.29. The molecule has 2 aromatic rings. The van der Waals surface area contributed by atoms with E-state index in [1.807, 2.05) is 49.0 Å². The lowest BCUT2D eigenvalue weighted by molar-refractivity contribution is 0.0456. The maximum atomic E-state index is 10.4. The van der Waals surface area contributed by atoms with Crippen LogP contribution in [0.2, 0.25) is 0 Å². The van der Waals surface area contributed by atoms with Crippen molar-refractivity contribution in [1.82, 2.24) is 9.78 Å². The molecule has 0 amide bonds. The van der Waals surface area contributed by atoms with Crippen LogP contribution in [0.4, 0.5) is 0 Å². The summed E-state index contributed by atoms with van der Waals surface area (Å²) < 4.78 is 7.73. The van der Waals surface area contributed by atoms with Crippen molar-refractivity contribution in [3.8, 4) is 5.75 Å². The normalized spacial score (nSPS) is 19.2. The van der Waals surface area contributed by atoms with Gasteiger partial charge < -0.3 is 9.84 Å². The molecular weight excluding hydrogens is 272 g/mol. The van der Waals surface area contributed by atoms with E-state index in [-0.39, 0.29) is 6.10 Å². The average Bonchev–Trinajstić information content (AvgIpc) is 2.76. The SMILES string of the molecule is Cc1cc(CC(O)C2CSc3ccccc3O2)n(C)n1. The zero-order valence-corrected chi connectivity index (χ0v) is 12.4. The summed E-state index contributed by atoms with van der Waals surface area (Å²) in [6, 6.07) is 9.97. The molecule has 0 saturated heterocycles. The molecule has 0 aliphatic carbocycles. The van der Waals surface area contributed by atoms with Gasteiger partial charge in [-0.1, -0.05) is 12.1 Å². The summed E-state index contributed by atoms with van der Waals surface area (Å²) in [4.78, 5) is 1.15. The lowest BCUT2D eigenvalue weighted by atomic mass is 10.1. The smallest absolute Gasteiger partial charge is 0.134 e. The Kier molecular flexibility index (Phi) is 3.72. The van der Waals surface area contributed by atoms with Gasteiger partial charge in [0.05, 0.1) is 11.8 Å². The molecular formula is C15H18N2O2S. The van der Waals surface area contributed by atoms with Crippen molar-refractivity contribution in [3.63, 3.8) is 0 Å². The maximum Gasteiger partial charge on any atom is 0.134 e. The van der Waals surface area contributed by atoms with Gasteiger partial charge in [-0.05, 0) is 25.1 Å². The van der Waals surface area contributed by atoms with Crippen LogP contribution in [0.15, 0.2) is 35.2 Å². The Morgan fingerprint density at radius 2 is 2.30 bits per heavy atom. The number of hydrogen-bond donors (Lipinski definition) is 1. The molecule has 5 heteroatoms. The van der Waals surface area contributed by atoms with E-state index in [4.69, 9.17) is 4.74 Å². The minimum Gasteiger partial charge on any atom is -0.486 e. The van der Waals surface area contributed by atoms with Crippen LogP contribution < -0.4 is 4.74 Å². The topological polar surface area (TPSA) is 47.3 Å². The third kappa shape index (κ3) is 2.69. The van der Waals surface area contributed by atoms with Crippen LogP contribution in [-0.2, 0) is 13.5 Å². The predicted octanol–water partition coefficient (Wildman–Crippen LogP) is 2.19. The number of aliphatic hydroxyl groups excluding tert-OH is 1. The van der Waals surface area contributed by atoms with E-state index in [9.17, 15) is 5.11 Å². The van der Waals surface area contributed by atoms with Gasteiger partial charge in [0, 0.05) is 29.8 Å². The van der Waals surface area contributed by atoms with E-state index in [2.05, 4.69) is 5.10 Å². The minimum atomic E-state index is -0.523. The minimum absolute atomic E-state index is 0.176. The predicted molar refractivity (Wildman–Crippen MR) is 79.2 cm³/mol. The van der Waals surface area contributed by atoms with Gasteiger partial charge in [0.25, 0.3) is 0 Å². The van der Waals surface area contributed by atoms with Crippen LogP contribution in [0, 0.1) is 6.92 Å². The first kappa shape index (κ1) is 13.5. The Morgan fingerprint density at radius 1 is 1.50 bits per heavy atom. The number of para-hydroxylation sites is 1. The second-order valence-corrected chi connectivity index (χ2v) is 6.15. The lowest BCUT2D eigenvalue weighted by Crippen LogP contribution is -2.37. The Balaban J connectivity index is 1.70. The van der Waals surface area contributed by atoms with Crippen molar-refractivity contribution >= 4 is 11.8 Å². The van der Waals surface area contributed by atoms with Gasteiger partial charge in [0.2, 0.25) is 0 Å². The number of aryl methyl sites for hydroxylation is 2. The van der Waals surface area contributed by atoms with Crippen molar-refractivity contribution in [2.45, 2.75) is 30.4 Å². The fraction of sp³-hybridized carbons (Fsp3) is 0.400. The number of hydrogen-bond acceptors (Lipinski definition) is 4. The monoisotopic (exact) mass is 290 g/mol. The number of aromatic nitrogens is 2. The maximum absolute atomic E-state index is 10.4. The van der Waals surface area contributed by atoms with Crippen LogP contribution in [0.3, 0.4) is 0 Å². The summed E-state index contributed by atoms with van der Waals surface area (Å²) >= 11 is 1.74. The number of fused-ring (bicyclic) bond motifs is 1. The van der Waals surface area contributed by atoms with Gasteiger partial charge in [-0.15, -0.1) is 11.8 Å². The van der Waals surface area contributed by atoms with E-state index in [1.54, 1.807) is 11.8 Å². The number of benzene rings is 1. The van der Waals surface area contributed by atoms with Gasteiger partial charge >= 0.3 is 0 Å². The number of rotatable bonds is 3. The number of thioether (sulfide) groups is 1. The van der Waals surface area contributed by atoms with E-state index in [0.29, 0.717) is 6.42 Å². The fourth-order valence-electron chi connectivity index (χ4n) is 2.43. The molecule has 2 unspecified atom stereocenters. The highest BCUT2D eigenvalue weighted by Crippen LogP contribution is 2.36. The summed E-state index contributed by atoms with van der Waals surface area (Å²) in [6.45, 7) is 1.96. The summed E-state index contributed by atoms with van der Waals surface area (Å²) in [5.74, 6) is 1.64. The van der Waals surface area contributed by atoms with Crippen LogP contribution in [0.1, 0.15) is 11.4 Å². The summed E-state index contributed by atoms with van der Waals surface area (Å²) in [7, 11) is 1.90. The zero-order valence-electron chi connectivity index (χ0n) is 11.6. The molecule has 2 heterocycles. The first-order valence-electron chi connectivity index (χ1n) is 6.69. The molecule has 0 bridgehead atoms. The summed E-state index contributed by atoms with van der Waals surface area (Å²) in [5.41, 5.74) is 2.00. The Labute approximate surface area is 122 Å². The average molecular weight is 290 g/mol. The van der Waals surface area contributed by atoms with Gasteiger partial charge in [-0.2, -0.15) is 5.10 Å². The molecule has 2 atom stereocenters. The molecule has 3 rings (SSSR count). The van der Waals surface area contributed by atoms with Crippen LogP contribution in [0.5, 0.6) is 5.75 Å². The molecule has 0 radical (unpaired) electrons. The molecule has 0 saturated carbocycles. The van der Waals surface area contributed by atoms with Crippen molar-refractivity contribution in [1.29, 1.82) is 0 Å². The standard InChI is InChI=1S/C15H18N2O2S/c1-10-7-11(17(2)16-10)8-12(18)14-9-20-15-6-4-3-5-13(15)19-14/h3-7,12,14,18H,8-9H2,1-2H3. The van der Waals surface area contributed by atoms with Gasteiger partial charge in [-0.3, -0.25) is 4.68 Å². The molecule has 4 nitrogen and oxygen atoms in total. The van der Waals surface area contributed by atoms with E-state index in [0.717, 1.165) is 27.8 Å². The first-order valence-corrected chi connectivity index (χ1v) is 7.68. The molecule has 1 aliphatic rings. The van der Waals surface area contributed by atoms with Crippen molar-refractivity contribution in [2.75, 3.05) is 5.75 Å². The molecule has 1 aliphatic heterocycles. The van der Waals surface area contributed by atoms with E-state index < -0.39 is 6.10 Å². The molecule has 106 valence electrons. The van der Waals surface area contributed by atoms with Gasteiger partial charge in [0.1, 0.15) is 11.9 Å². The summed E-state index contributed by atoms with van der Waals surface area (Å²) in [5, 5.41) is 14.7. The zero-order chi connectivity index (χ0) is 14.1. The van der Waals surface area contributed by atoms with Crippen molar-refractivity contribution in [2.24, 2.45) is 7.05 Å². The van der Waals surface area contributed by atoms with E-state index in [1.165, 1.54) is 0 Å². The highest BCUT2D eigenvalue weighted by Gasteiger charge is 2.27. The van der Waals surface area contributed by atoms with Gasteiger partial charge in [0.15, 0.2) is 0 Å². The molecule has 1 aromatic carbocycles. The molecule has 1 N–H and O–H groups in total. The Hall–Kier alpha value is -1.46. The molecule has 20 heavy (non-hydrogen) atoms. The van der Waals surface area contributed by atoms with Gasteiger partial charge in [-0.25, -0.2) is 0 Å². The fourth-order valence-corrected chi connectivity index (χ4v) is 3.49. The van der Waals surface area contributed by atoms with Crippen LogP contribution >= 0.6 is 11.8 Å². The Bertz CT molecular complexity index is 612. The second-order valence-electron chi connectivity index (χ2n) is 5.09. The molecule has 0 spiro atoms. The molecule has 1 aromatic heterocycles. The van der Waals surface area contributed by atoms with Crippen LogP contribution in [0.25, 0.3) is 0 Å². The number of aliphatic hydroxyl groups is 1. The van der Waals surface area contributed by atoms with E-state index >= 15 is 0 Å². The second kappa shape index (κ2) is 5.50. The summed E-state index contributed by atoms with van der Waals surface area (Å²) in [6.07, 6.45) is -0.138. The molecule has 0 fully saturated rings. The first-order chi connectivity index (χ1) is 9.63. The number of ether oxygens (including phenoxy) is 1.